The van der Waals surface area contributed by atoms with Crippen molar-refractivity contribution >= 4 is 23.2 Å². The van der Waals surface area contributed by atoms with Crippen LogP contribution in [0.4, 0.5) is 0 Å². The molecule has 0 aromatic heterocycles. The maximum Gasteiger partial charge on any atom is 0.142 e. The van der Waals surface area contributed by atoms with Crippen molar-refractivity contribution in [2.24, 2.45) is 0 Å². The van der Waals surface area contributed by atoms with Gasteiger partial charge in [0.1, 0.15) is 5.75 Å². The zero-order valence-corrected chi connectivity index (χ0v) is 11.3. The third-order valence-corrected chi connectivity index (χ3v) is 2.75. The summed E-state index contributed by atoms with van der Waals surface area (Å²) in [6.45, 7) is 1.37. The second-order valence-corrected chi connectivity index (χ2v) is 4.53. The molecule has 0 bridgehead atoms. The van der Waals surface area contributed by atoms with Crippen molar-refractivity contribution < 1.29 is 9.84 Å². The summed E-state index contributed by atoms with van der Waals surface area (Å²) in [7, 11) is 1.85. The molecule has 0 atom stereocenters. The molecule has 0 aliphatic heterocycles. The molecule has 5 heteroatoms. The van der Waals surface area contributed by atoms with Crippen LogP contribution in [0.3, 0.4) is 0 Å². The van der Waals surface area contributed by atoms with Crippen LogP contribution in [0.25, 0.3) is 0 Å². The van der Waals surface area contributed by atoms with E-state index >= 15 is 0 Å². The van der Waals surface area contributed by atoms with Crippen molar-refractivity contribution in [2.45, 2.75) is 19.4 Å². The van der Waals surface area contributed by atoms with Crippen LogP contribution >= 0.6 is 23.2 Å². The molecule has 1 aromatic rings. The predicted molar refractivity (Wildman–Crippen MR) is 71.0 cm³/mol. The Balaban J connectivity index is 2.73. The summed E-state index contributed by atoms with van der Waals surface area (Å²) in [5, 5.41) is 12.8. The topological polar surface area (TPSA) is 41.5 Å². The number of unbranched alkanes of at least 4 members (excludes halogenated alkanes) is 1. The third kappa shape index (κ3) is 4.72. The monoisotopic (exact) mass is 277 g/mol. The Kier molecular flexibility index (Phi) is 6.66. The molecular weight excluding hydrogens is 261 g/mol. The standard InChI is InChI=1S/C12H17Cl2NO2/c1-15-8-9-6-10(13)7-11(14)12(9)17-5-3-2-4-16/h6-7,15-16H,2-5,8H2,1H3. The van der Waals surface area contributed by atoms with Crippen LogP contribution in [0.1, 0.15) is 18.4 Å². The molecule has 96 valence electrons. The number of nitrogens with one attached hydrogen (secondary N) is 1. The molecule has 0 fully saturated rings. The summed E-state index contributed by atoms with van der Waals surface area (Å²) in [6, 6.07) is 3.51. The minimum absolute atomic E-state index is 0.182. The van der Waals surface area contributed by atoms with Crippen molar-refractivity contribution in [1.29, 1.82) is 0 Å². The zero-order chi connectivity index (χ0) is 12.7. The van der Waals surface area contributed by atoms with Crippen LogP contribution < -0.4 is 10.1 Å². The molecule has 0 aliphatic carbocycles. The fourth-order valence-corrected chi connectivity index (χ4v) is 2.08. The largest absolute Gasteiger partial charge is 0.492 e. The van der Waals surface area contributed by atoms with Gasteiger partial charge < -0.3 is 15.2 Å². The minimum Gasteiger partial charge on any atom is -0.492 e. The maximum atomic E-state index is 8.68. The first-order chi connectivity index (χ1) is 8.19. The number of benzene rings is 1. The Morgan fingerprint density at radius 2 is 2.06 bits per heavy atom. The van der Waals surface area contributed by atoms with E-state index < -0.39 is 0 Å². The van der Waals surface area contributed by atoms with Crippen LogP contribution in [0.5, 0.6) is 5.75 Å². The minimum atomic E-state index is 0.182. The highest BCUT2D eigenvalue weighted by atomic mass is 35.5. The highest BCUT2D eigenvalue weighted by molar-refractivity contribution is 6.35. The van der Waals surface area contributed by atoms with Gasteiger partial charge in [-0.05, 0) is 32.0 Å². The molecule has 3 nitrogen and oxygen atoms in total. The van der Waals surface area contributed by atoms with Crippen molar-refractivity contribution in [3.8, 4) is 5.75 Å². The lowest BCUT2D eigenvalue weighted by Crippen LogP contribution is -2.09. The van der Waals surface area contributed by atoms with E-state index in [2.05, 4.69) is 5.32 Å². The Morgan fingerprint density at radius 1 is 1.29 bits per heavy atom. The summed E-state index contributed by atoms with van der Waals surface area (Å²) in [4.78, 5) is 0. The van der Waals surface area contributed by atoms with E-state index in [1.165, 1.54) is 0 Å². The van der Waals surface area contributed by atoms with Crippen LogP contribution in [0, 0.1) is 0 Å². The SMILES string of the molecule is CNCc1cc(Cl)cc(Cl)c1OCCCCO. The molecule has 0 saturated heterocycles. The highest BCUT2D eigenvalue weighted by Gasteiger charge is 2.10. The lowest BCUT2D eigenvalue weighted by Gasteiger charge is -2.13. The van der Waals surface area contributed by atoms with Crippen molar-refractivity contribution in [3.05, 3.63) is 27.7 Å². The van der Waals surface area contributed by atoms with Gasteiger partial charge in [-0.3, -0.25) is 0 Å². The average Bonchev–Trinajstić information content (AvgIpc) is 2.27. The first-order valence-corrected chi connectivity index (χ1v) is 6.30. The summed E-state index contributed by atoms with van der Waals surface area (Å²) >= 11 is 12.0. The van der Waals surface area contributed by atoms with Crippen LogP contribution in [0.2, 0.25) is 10.0 Å². The van der Waals surface area contributed by atoms with Gasteiger partial charge in [-0.2, -0.15) is 0 Å². The summed E-state index contributed by atoms with van der Waals surface area (Å²) < 4.78 is 5.64. The number of ether oxygens (including phenoxy) is 1. The van der Waals surface area contributed by atoms with Gasteiger partial charge in [0.15, 0.2) is 0 Å². The fraction of sp³-hybridized carbons (Fsp3) is 0.500. The van der Waals surface area contributed by atoms with E-state index in [9.17, 15) is 0 Å². The summed E-state index contributed by atoms with van der Waals surface area (Å²) in [5.74, 6) is 0.670. The third-order valence-electron chi connectivity index (χ3n) is 2.25. The average molecular weight is 278 g/mol. The lowest BCUT2D eigenvalue weighted by atomic mass is 10.2. The molecule has 0 unspecified atom stereocenters. The summed E-state index contributed by atoms with van der Waals surface area (Å²) in [5.41, 5.74) is 0.939. The Labute approximate surface area is 112 Å². The molecule has 0 saturated carbocycles. The van der Waals surface area contributed by atoms with Gasteiger partial charge in [0.05, 0.1) is 11.6 Å². The number of hydrogen-bond donors (Lipinski definition) is 2. The number of aliphatic hydroxyl groups is 1. The van der Waals surface area contributed by atoms with Gasteiger partial charge in [0.25, 0.3) is 0 Å². The molecule has 17 heavy (non-hydrogen) atoms. The Hall–Kier alpha value is -0.480. The van der Waals surface area contributed by atoms with E-state index in [1.54, 1.807) is 6.07 Å². The Bertz CT molecular complexity index is 359. The molecule has 0 aliphatic rings. The van der Waals surface area contributed by atoms with Crippen LogP contribution in [0.15, 0.2) is 12.1 Å². The molecule has 1 rings (SSSR count). The number of aliphatic hydroxyl groups excluding tert-OH is 1. The second kappa shape index (κ2) is 7.77. The summed E-state index contributed by atoms with van der Waals surface area (Å²) in [6.07, 6.45) is 1.53. The molecule has 2 N–H and O–H groups in total. The highest BCUT2D eigenvalue weighted by Crippen LogP contribution is 2.32. The van der Waals surface area contributed by atoms with E-state index in [-0.39, 0.29) is 6.61 Å². The molecule has 0 amide bonds. The molecule has 1 aromatic carbocycles. The van der Waals surface area contributed by atoms with E-state index in [4.69, 9.17) is 33.0 Å². The van der Waals surface area contributed by atoms with Crippen molar-refractivity contribution in [1.82, 2.24) is 5.32 Å². The van der Waals surface area contributed by atoms with Gasteiger partial charge in [-0.15, -0.1) is 0 Å². The molecule has 0 spiro atoms. The number of halogens is 2. The van der Waals surface area contributed by atoms with Crippen molar-refractivity contribution in [2.75, 3.05) is 20.3 Å². The molecular formula is C12H17Cl2NO2. The first-order valence-electron chi connectivity index (χ1n) is 5.55. The van der Waals surface area contributed by atoms with E-state index in [0.717, 1.165) is 18.4 Å². The van der Waals surface area contributed by atoms with Crippen LogP contribution in [-0.4, -0.2) is 25.4 Å². The van der Waals surface area contributed by atoms with Crippen LogP contribution in [-0.2, 0) is 6.54 Å². The first kappa shape index (κ1) is 14.6. The quantitative estimate of drug-likeness (QED) is 0.753. The normalized spacial score (nSPS) is 10.6. The smallest absolute Gasteiger partial charge is 0.142 e. The van der Waals surface area contributed by atoms with E-state index in [0.29, 0.717) is 28.9 Å². The zero-order valence-electron chi connectivity index (χ0n) is 9.80. The molecule has 0 heterocycles. The second-order valence-electron chi connectivity index (χ2n) is 3.69. The number of hydrogen-bond acceptors (Lipinski definition) is 3. The fourth-order valence-electron chi connectivity index (χ4n) is 1.49. The van der Waals surface area contributed by atoms with Gasteiger partial charge in [-0.25, -0.2) is 0 Å². The maximum absolute atomic E-state index is 8.68. The molecule has 0 radical (unpaired) electrons. The van der Waals surface area contributed by atoms with E-state index in [1.807, 2.05) is 13.1 Å². The van der Waals surface area contributed by atoms with Gasteiger partial charge in [0, 0.05) is 23.7 Å². The van der Waals surface area contributed by atoms with Gasteiger partial charge in [0.2, 0.25) is 0 Å². The Morgan fingerprint density at radius 3 is 2.71 bits per heavy atom. The lowest BCUT2D eigenvalue weighted by molar-refractivity contribution is 0.252. The predicted octanol–water partition coefficient (Wildman–Crippen LogP) is 2.86. The van der Waals surface area contributed by atoms with Crippen molar-refractivity contribution in [3.63, 3.8) is 0 Å². The number of rotatable bonds is 7. The van der Waals surface area contributed by atoms with Gasteiger partial charge in [-0.1, -0.05) is 23.2 Å². The van der Waals surface area contributed by atoms with Gasteiger partial charge >= 0.3 is 0 Å².